The number of anilines is 1. The van der Waals surface area contributed by atoms with Crippen molar-refractivity contribution in [1.82, 2.24) is 19.9 Å². The van der Waals surface area contributed by atoms with Crippen molar-refractivity contribution in [3.05, 3.63) is 35.7 Å². The van der Waals surface area contributed by atoms with Crippen LogP contribution in [0.3, 0.4) is 0 Å². The van der Waals surface area contributed by atoms with Gasteiger partial charge in [0.2, 0.25) is 5.91 Å². The monoisotopic (exact) mass is 368 g/mol. The molecule has 2 aliphatic rings. The van der Waals surface area contributed by atoms with E-state index in [2.05, 4.69) is 9.88 Å². The molecular weight excluding hydrogens is 344 g/mol. The number of pyridine rings is 1. The lowest BCUT2D eigenvalue weighted by atomic mass is 10.0. The molecule has 1 amide bonds. The average molecular weight is 368 g/mol. The van der Waals surface area contributed by atoms with Gasteiger partial charge in [0.15, 0.2) is 5.82 Å². The zero-order chi connectivity index (χ0) is 18.8. The predicted octanol–water partition coefficient (Wildman–Crippen LogP) is 0.607. The maximum absolute atomic E-state index is 11.9. The first-order valence-electron chi connectivity index (χ1n) is 9.29. The summed E-state index contributed by atoms with van der Waals surface area (Å²) in [7, 11) is 0. The van der Waals surface area contributed by atoms with E-state index in [1.165, 1.54) is 0 Å². The van der Waals surface area contributed by atoms with E-state index in [0.717, 1.165) is 35.7 Å². The smallest absolute Gasteiger partial charge is 0.219 e. The van der Waals surface area contributed by atoms with Gasteiger partial charge in [0.25, 0.3) is 0 Å². The van der Waals surface area contributed by atoms with Gasteiger partial charge >= 0.3 is 0 Å². The summed E-state index contributed by atoms with van der Waals surface area (Å²) in [6, 6.07) is 5.69. The first-order valence-corrected chi connectivity index (χ1v) is 9.29. The van der Waals surface area contributed by atoms with Gasteiger partial charge in [-0.05, 0) is 18.6 Å². The minimum absolute atomic E-state index is 0.0000239. The van der Waals surface area contributed by atoms with E-state index in [1.54, 1.807) is 13.1 Å². The molecule has 8 heteroatoms. The van der Waals surface area contributed by atoms with Crippen molar-refractivity contribution >= 4 is 11.7 Å². The SMILES string of the molecule is CC(=O)N1CCc2c(nc(-c3ccccn3)nc2N2CCO[C@H](CN)C2)C1. The van der Waals surface area contributed by atoms with Crippen molar-refractivity contribution in [3.63, 3.8) is 0 Å². The average Bonchev–Trinajstić information content (AvgIpc) is 2.73. The molecule has 27 heavy (non-hydrogen) atoms. The van der Waals surface area contributed by atoms with Crippen molar-refractivity contribution < 1.29 is 9.53 Å². The second-order valence-corrected chi connectivity index (χ2v) is 6.88. The summed E-state index contributed by atoms with van der Waals surface area (Å²) in [6.07, 6.45) is 2.48. The Labute approximate surface area is 158 Å². The topological polar surface area (TPSA) is 97.5 Å². The van der Waals surface area contributed by atoms with Crippen LogP contribution in [0.15, 0.2) is 24.4 Å². The van der Waals surface area contributed by atoms with Gasteiger partial charge in [-0.1, -0.05) is 6.07 Å². The molecule has 1 fully saturated rings. The van der Waals surface area contributed by atoms with Gasteiger partial charge in [-0.25, -0.2) is 9.97 Å². The van der Waals surface area contributed by atoms with E-state index in [9.17, 15) is 4.79 Å². The molecule has 2 aromatic heterocycles. The number of fused-ring (bicyclic) bond motifs is 1. The van der Waals surface area contributed by atoms with Crippen molar-refractivity contribution in [2.24, 2.45) is 5.73 Å². The van der Waals surface area contributed by atoms with Crippen LogP contribution in [-0.4, -0.2) is 64.6 Å². The van der Waals surface area contributed by atoms with E-state index in [0.29, 0.717) is 38.6 Å². The lowest BCUT2D eigenvalue weighted by Crippen LogP contribution is -2.47. The normalized spacial score (nSPS) is 19.7. The zero-order valence-electron chi connectivity index (χ0n) is 15.5. The number of hydrogen-bond donors (Lipinski definition) is 1. The number of hydrogen-bond acceptors (Lipinski definition) is 7. The Balaban J connectivity index is 1.77. The fourth-order valence-electron chi connectivity index (χ4n) is 3.60. The van der Waals surface area contributed by atoms with Gasteiger partial charge < -0.3 is 20.3 Å². The summed E-state index contributed by atoms with van der Waals surface area (Å²) in [5.74, 6) is 1.57. The second kappa shape index (κ2) is 7.58. The summed E-state index contributed by atoms with van der Waals surface area (Å²) in [4.78, 5) is 30.0. The minimum Gasteiger partial charge on any atom is -0.373 e. The molecule has 0 aliphatic carbocycles. The summed E-state index contributed by atoms with van der Waals surface area (Å²) in [6.45, 7) is 5.36. The molecule has 0 spiro atoms. The summed E-state index contributed by atoms with van der Waals surface area (Å²) < 4.78 is 5.71. The number of aromatic nitrogens is 3. The molecule has 0 aromatic carbocycles. The van der Waals surface area contributed by atoms with E-state index < -0.39 is 0 Å². The zero-order valence-corrected chi connectivity index (χ0v) is 15.5. The first-order chi connectivity index (χ1) is 13.2. The Bertz CT molecular complexity index is 828. The van der Waals surface area contributed by atoms with Crippen LogP contribution in [0.4, 0.5) is 5.82 Å². The number of carbonyl (C=O) groups excluding carboxylic acids is 1. The van der Waals surface area contributed by atoms with Crippen LogP contribution in [0.1, 0.15) is 18.2 Å². The number of rotatable bonds is 3. The molecule has 0 bridgehead atoms. The molecule has 8 nitrogen and oxygen atoms in total. The van der Waals surface area contributed by atoms with E-state index in [1.807, 2.05) is 23.1 Å². The van der Waals surface area contributed by atoms with Crippen molar-refractivity contribution in [3.8, 4) is 11.5 Å². The third-order valence-electron chi connectivity index (χ3n) is 5.08. The number of carbonyl (C=O) groups is 1. The van der Waals surface area contributed by atoms with Crippen LogP contribution in [0.2, 0.25) is 0 Å². The minimum atomic E-state index is -0.0000239. The second-order valence-electron chi connectivity index (χ2n) is 6.88. The molecule has 0 unspecified atom stereocenters. The molecule has 2 aliphatic heterocycles. The quantitative estimate of drug-likeness (QED) is 0.847. The van der Waals surface area contributed by atoms with Crippen molar-refractivity contribution in [2.75, 3.05) is 37.7 Å². The fourth-order valence-corrected chi connectivity index (χ4v) is 3.60. The van der Waals surface area contributed by atoms with Crippen molar-refractivity contribution in [2.45, 2.75) is 26.0 Å². The summed E-state index contributed by atoms with van der Waals surface area (Å²) in [5, 5.41) is 0. The molecule has 2 aromatic rings. The third kappa shape index (κ3) is 3.63. The highest BCUT2D eigenvalue weighted by molar-refractivity contribution is 5.74. The third-order valence-corrected chi connectivity index (χ3v) is 5.08. The lowest BCUT2D eigenvalue weighted by Gasteiger charge is -2.36. The first kappa shape index (κ1) is 17.8. The highest BCUT2D eigenvalue weighted by atomic mass is 16.5. The Morgan fingerprint density at radius 3 is 2.96 bits per heavy atom. The molecule has 2 N–H and O–H groups in total. The number of morpholine rings is 1. The number of ether oxygens (including phenoxy) is 1. The van der Waals surface area contributed by atoms with Crippen LogP contribution in [0.5, 0.6) is 0 Å². The molecule has 0 saturated carbocycles. The Morgan fingerprint density at radius 2 is 2.22 bits per heavy atom. The van der Waals surface area contributed by atoms with E-state index in [-0.39, 0.29) is 12.0 Å². The summed E-state index contributed by atoms with van der Waals surface area (Å²) >= 11 is 0. The van der Waals surface area contributed by atoms with Gasteiger partial charge in [-0.3, -0.25) is 9.78 Å². The van der Waals surface area contributed by atoms with Gasteiger partial charge in [-0.2, -0.15) is 0 Å². The Hall–Kier alpha value is -2.58. The Morgan fingerprint density at radius 1 is 1.33 bits per heavy atom. The van der Waals surface area contributed by atoms with Crippen LogP contribution < -0.4 is 10.6 Å². The Kier molecular flexibility index (Phi) is 5.00. The van der Waals surface area contributed by atoms with Crippen LogP contribution in [0, 0.1) is 0 Å². The largest absolute Gasteiger partial charge is 0.373 e. The van der Waals surface area contributed by atoms with Gasteiger partial charge in [-0.15, -0.1) is 0 Å². The highest BCUT2D eigenvalue weighted by Gasteiger charge is 2.29. The molecule has 142 valence electrons. The molecular formula is C19H24N6O2. The molecule has 1 atom stereocenters. The van der Waals surface area contributed by atoms with Gasteiger partial charge in [0.1, 0.15) is 11.5 Å². The highest BCUT2D eigenvalue weighted by Crippen LogP contribution is 2.30. The molecule has 4 rings (SSSR count). The number of amides is 1. The standard InChI is InChI=1S/C19H24N6O2/c1-13(26)24-7-5-15-17(12-24)22-18(16-4-2-3-6-21-16)23-19(15)25-8-9-27-14(10-20)11-25/h2-4,6,14H,5,7-12,20H2,1H3/t14-/m1/s1. The van der Waals surface area contributed by atoms with Crippen molar-refractivity contribution in [1.29, 1.82) is 0 Å². The molecule has 1 saturated heterocycles. The predicted molar refractivity (Wildman–Crippen MR) is 101 cm³/mol. The van der Waals surface area contributed by atoms with Gasteiger partial charge in [0, 0.05) is 44.9 Å². The molecule has 4 heterocycles. The van der Waals surface area contributed by atoms with Gasteiger partial charge in [0.05, 0.1) is 24.9 Å². The van der Waals surface area contributed by atoms with Crippen LogP contribution in [0.25, 0.3) is 11.5 Å². The lowest BCUT2D eigenvalue weighted by molar-refractivity contribution is -0.129. The number of nitrogens with two attached hydrogens (primary N) is 1. The maximum Gasteiger partial charge on any atom is 0.219 e. The maximum atomic E-state index is 11.9. The molecule has 0 radical (unpaired) electrons. The van der Waals surface area contributed by atoms with E-state index in [4.69, 9.17) is 20.4 Å². The van der Waals surface area contributed by atoms with Crippen LogP contribution in [-0.2, 0) is 22.5 Å². The number of nitrogens with zero attached hydrogens (tertiary/aromatic N) is 5. The van der Waals surface area contributed by atoms with Crippen LogP contribution >= 0.6 is 0 Å². The fraction of sp³-hybridized carbons (Fsp3) is 0.474. The van der Waals surface area contributed by atoms with E-state index >= 15 is 0 Å². The summed E-state index contributed by atoms with van der Waals surface area (Å²) in [5.41, 5.74) is 8.56.